The molecule has 0 heterocycles. The van der Waals surface area contributed by atoms with E-state index in [1.165, 1.54) is 11.1 Å². The molecule has 0 spiro atoms. The van der Waals surface area contributed by atoms with Crippen molar-refractivity contribution in [2.24, 2.45) is 5.10 Å². The summed E-state index contributed by atoms with van der Waals surface area (Å²) in [5, 5.41) is 8.01. The zero-order valence-corrected chi connectivity index (χ0v) is 13.0. The molecular weight excluding hydrogens is 254 g/mol. The molecule has 0 aliphatic rings. The molecule has 0 fully saturated rings. The number of hydrazone groups is 1. The smallest absolute Gasteiger partial charge is 0.186 e. The summed E-state index contributed by atoms with van der Waals surface area (Å²) in [7, 11) is 0. The molecule has 0 radical (unpaired) electrons. The van der Waals surface area contributed by atoms with Gasteiger partial charge in [0, 0.05) is 6.54 Å². The van der Waals surface area contributed by atoms with Gasteiger partial charge in [0.25, 0.3) is 0 Å². The lowest BCUT2D eigenvalue weighted by Crippen LogP contribution is -2.33. The molecule has 0 bridgehead atoms. The molecule has 0 unspecified atom stereocenters. The molecule has 0 saturated carbocycles. The van der Waals surface area contributed by atoms with Crippen molar-refractivity contribution in [1.29, 1.82) is 0 Å². The highest BCUT2D eigenvalue weighted by Gasteiger charge is 2.00. The third-order valence-corrected chi connectivity index (χ3v) is 3.30. The molecule has 0 aliphatic carbocycles. The molecule has 0 atom stereocenters. The molecule has 4 heteroatoms. The summed E-state index contributed by atoms with van der Waals surface area (Å²) < 4.78 is 0. The van der Waals surface area contributed by atoms with Crippen LogP contribution in [-0.4, -0.2) is 17.4 Å². The van der Waals surface area contributed by atoms with Crippen LogP contribution in [0.25, 0.3) is 0 Å². The summed E-state index contributed by atoms with van der Waals surface area (Å²) in [6.45, 7) is 9.24. The highest BCUT2D eigenvalue weighted by molar-refractivity contribution is 7.80. The Kier molecular flexibility index (Phi) is 6.50. The Morgan fingerprint density at radius 1 is 1.26 bits per heavy atom. The zero-order valence-electron chi connectivity index (χ0n) is 12.2. The number of hydrogen-bond donors (Lipinski definition) is 2. The summed E-state index contributed by atoms with van der Waals surface area (Å²) in [6.07, 6.45) is 2.27. The Morgan fingerprint density at radius 2 is 2.00 bits per heavy atom. The number of benzene rings is 1. The monoisotopic (exact) mass is 277 g/mol. The highest BCUT2D eigenvalue weighted by atomic mass is 32.1. The van der Waals surface area contributed by atoms with Gasteiger partial charge in [-0.2, -0.15) is 5.10 Å². The van der Waals surface area contributed by atoms with Gasteiger partial charge in [-0.1, -0.05) is 25.5 Å². The first kappa shape index (κ1) is 15.6. The van der Waals surface area contributed by atoms with Crippen LogP contribution in [0.2, 0.25) is 0 Å². The fraction of sp³-hybridized carbons (Fsp3) is 0.467. The first-order chi connectivity index (χ1) is 9.04. The third-order valence-electron chi connectivity index (χ3n) is 3.07. The maximum atomic E-state index is 5.15. The summed E-state index contributed by atoms with van der Waals surface area (Å²) in [4.78, 5) is 0. The van der Waals surface area contributed by atoms with Crippen molar-refractivity contribution in [3.63, 3.8) is 0 Å². The summed E-state index contributed by atoms with van der Waals surface area (Å²) in [5.41, 5.74) is 7.50. The fourth-order valence-corrected chi connectivity index (χ4v) is 1.73. The van der Waals surface area contributed by atoms with E-state index in [1.807, 2.05) is 6.92 Å². The number of rotatable bonds is 5. The van der Waals surface area contributed by atoms with E-state index < -0.39 is 0 Å². The number of unbranched alkanes of at least 4 members (excludes halogenated alkanes) is 1. The highest BCUT2D eigenvalue weighted by Crippen LogP contribution is 2.10. The first-order valence-electron chi connectivity index (χ1n) is 6.70. The Hall–Kier alpha value is -1.42. The summed E-state index contributed by atoms with van der Waals surface area (Å²) >= 11 is 5.15. The Balaban J connectivity index is 2.56. The lowest BCUT2D eigenvalue weighted by molar-refractivity contribution is 0.745. The Bertz CT molecular complexity index is 466. The number of aryl methyl sites for hydroxylation is 2. The average Bonchev–Trinajstić information content (AvgIpc) is 2.39. The average molecular weight is 277 g/mol. The van der Waals surface area contributed by atoms with E-state index in [-0.39, 0.29) is 0 Å². The Morgan fingerprint density at radius 3 is 2.63 bits per heavy atom. The second kappa shape index (κ2) is 7.89. The topological polar surface area (TPSA) is 36.4 Å². The lowest BCUT2D eigenvalue weighted by atomic mass is 10.0. The molecule has 0 aromatic heterocycles. The first-order valence-corrected chi connectivity index (χ1v) is 7.11. The zero-order chi connectivity index (χ0) is 14.3. The van der Waals surface area contributed by atoms with Crippen molar-refractivity contribution in [1.82, 2.24) is 10.7 Å². The minimum Gasteiger partial charge on any atom is -0.361 e. The molecule has 0 amide bonds. The lowest BCUT2D eigenvalue weighted by Gasteiger charge is -2.08. The second-order valence-electron chi connectivity index (χ2n) is 4.72. The van der Waals surface area contributed by atoms with Crippen LogP contribution in [0.15, 0.2) is 23.3 Å². The predicted molar refractivity (Wildman–Crippen MR) is 86.8 cm³/mol. The number of thiocarbonyl (C=S) groups is 1. The van der Waals surface area contributed by atoms with E-state index >= 15 is 0 Å². The van der Waals surface area contributed by atoms with Gasteiger partial charge in [-0.15, -0.1) is 0 Å². The molecule has 104 valence electrons. The van der Waals surface area contributed by atoms with Gasteiger partial charge in [-0.3, -0.25) is 5.43 Å². The summed E-state index contributed by atoms with van der Waals surface area (Å²) in [5.74, 6) is 0. The van der Waals surface area contributed by atoms with Crippen molar-refractivity contribution in [2.75, 3.05) is 6.54 Å². The van der Waals surface area contributed by atoms with Crippen LogP contribution in [-0.2, 0) is 0 Å². The van der Waals surface area contributed by atoms with Crippen LogP contribution in [0.4, 0.5) is 0 Å². The van der Waals surface area contributed by atoms with E-state index in [0.29, 0.717) is 5.11 Å². The molecule has 1 rings (SSSR count). The van der Waals surface area contributed by atoms with Crippen LogP contribution < -0.4 is 10.7 Å². The SMILES string of the molecule is CCCCNC(=S)NN=C(C)c1ccc(C)c(C)c1. The second-order valence-corrected chi connectivity index (χ2v) is 5.13. The van der Waals surface area contributed by atoms with E-state index in [4.69, 9.17) is 12.2 Å². The molecule has 1 aromatic carbocycles. The maximum Gasteiger partial charge on any atom is 0.186 e. The van der Waals surface area contributed by atoms with Gasteiger partial charge < -0.3 is 5.32 Å². The van der Waals surface area contributed by atoms with Crippen LogP contribution in [0.3, 0.4) is 0 Å². The van der Waals surface area contributed by atoms with Crippen molar-refractivity contribution >= 4 is 23.0 Å². The van der Waals surface area contributed by atoms with Gasteiger partial charge in [-0.05, 0) is 62.2 Å². The molecule has 3 nitrogen and oxygen atoms in total. The van der Waals surface area contributed by atoms with Crippen molar-refractivity contribution in [3.05, 3.63) is 34.9 Å². The standard InChI is InChI=1S/C15H23N3S/c1-5-6-9-16-15(19)18-17-13(4)14-8-7-11(2)12(3)10-14/h7-8,10H,5-6,9H2,1-4H3,(H2,16,18,19). The quantitative estimate of drug-likeness (QED) is 0.375. The maximum absolute atomic E-state index is 5.15. The van der Waals surface area contributed by atoms with E-state index in [0.717, 1.165) is 30.7 Å². The molecule has 0 aliphatic heterocycles. The van der Waals surface area contributed by atoms with Gasteiger partial charge in [0.15, 0.2) is 5.11 Å². The van der Waals surface area contributed by atoms with Gasteiger partial charge in [0.05, 0.1) is 5.71 Å². The van der Waals surface area contributed by atoms with Crippen LogP contribution in [0, 0.1) is 13.8 Å². The molecule has 19 heavy (non-hydrogen) atoms. The number of hydrogen-bond acceptors (Lipinski definition) is 2. The predicted octanol–water partition coefficient (Wildman–Crippen LogP) is 3.29. The molecular formula is C15H23N3S. The fourth-order valence-electron chi connectivity index (χ4n) is 1.58. The van der Waals surface area contributed by atoms with Crippen molar-refractivity contribution < 1.29 is 0 Å². The number of nitrogens with one attached hydrogen (secondary N) is 2. The summed E-state index contributed by atoms with van der Waals surface area (Å²) in [6, 6.07) is 6.33. The van der Waals surface area contributed by atoms with Crippen LogP contribution >= 0.6 is 12.2 Å². The van der Waals surface area contributed by atoms with E-state index in [1.54, 1.807) is 0 Å². The largest absolute Gasteiger partial charge is 0.361 e. The van der Waals surface area contributed by atoms with Crippen molar-refractivity contribution in [3.8, 4) is 0 Å². The minimum absolute atomic E-state index is 0.580. The Labute approximate surface area is 121 Å². The van der Waals surface area contributed by atoms with Gasteiger partial charge in [0.1, 0.15) is 0 Å². The van der Waals surface area contributed by atoms with Gasteiger partial charge in [0.2, 0.25) is 0 Å². The van der Waals surface area contributed by atoms with Gasteiger partial charge in [-0.25, -0.2) is 0 Å². The van der Waals surface area contributed by atoms with Crippen molar-refractivity contribution in [2.45, 2.75) is 40.5 Å². The normalized spacial score (nSPS) is 11.3. The van der Waals surface area contributed by atoms with Crippen LogP contribution in [0.1, 0.15) is 43.4 Å². The minimum atomic E-state index is 0.580. The number of nitrogens with zero attached hydrogens (tertiary/aromatic N) is 1. The van der Waals surface area contributed by atoms with E-state index in [2.05, 4.69) is 54.8 Å². The van der Waals surface area contributed by atoms with Gasteiger partial charge >= 0.3 is 0 Å². The molecule has 0 saturated heterocycles. The third kappa shape index (κ3) is 5.39. The molecule has 2 N–H and O–H groups in total. The van der Waals surface area contributed by atoms with Crippen LogP contribution in [0.5, 0.6) is 0 Å². The van der Waals surface area contributed by atoms with E-state index in [9.17, 15) is 0 Å². The molecule has 1 aromatic rings.